The molecule has 0 atom stereocenters. The van der Waals surface area contributed by atoms with Gasteiger partial charge in [0.15, 0.2) is 6.61 Å². The van der Waals surface area contributed by atoms with Crippen molar-refractivity contribution in [3.05, 3.63) is 62.8 Å². The number of carbonyl (C=O) groups is 1. The van der Waals surface area contributed by atoms with E-state index < -0.39 is 11.7 Å². The number of hydrogen-bond acceptors (Lipinski definition) is 3. The minimum absolute atomic E-state index is 0.111. The van der Waals surface area contributed by atoms with Crippen LogP contribution in [0, 0.1) is 5.82 Å². The van der Waals surface area contributed by atoms with Gasteiger partial charge in [-0.3, -0.25) is 4.79 Å². The Bertz CT molecular complexity index is 776. The number of ether oxygens (including phenoxy) is 1. The van der Waals surface area contributed by atoms with Crippen molar-refractivity contribution >= 4 is 39.7 Å². The Kier molecular flexibility index (Phi) is 6.96. The maximum absolute atomic E-state index is 13.6. The third-order valence-corrected chi connectivity index (χ3v) is 4.16. The number of halogens is 3. The minimum Gasteiger partial charge on any atom is -0.483 e. The molecule has 2 aromatic carbocycles. The monoisotopic (exact) mass is 426 g/mol. The summed E-state index contributed by atoms with van der Waals surface area (Å²) in [6, 6.07) is 9.89. The van der Waals surface area contributed by atoms with Gasteiger partial charge in [-0.05, 0) is 41.8 Å². The zero-order chi connectivity index (χ0) is 18.4. The largest absolute Gasteiger partial charge is 0.483 e. The molecule has 4 nitrogen and oxygen atoms in total. The molecule has 0 aliphatic rings. The Morgan fingerprint density at radius 2 is 2.16 bits per heavy atom. The van der Waals surface area contributed by atoms with E-state index in [0.29, 0.717) is 5.75 Å². The van der Waals surface area contributed by atoms with Crippen LogP contribution in [0.5, 0.6) is 5.75 Å². The molecule has 0 aliphatic carbocycles. The summed E-state index contributed by atoms with van der Waals surface area (Å²) in [7, 11) is 0. The van der Waals surface area contributed by atoms with Crippen LogP contribution in [0.25, 0.3) is 0 Å². The lowest BCUT2D eigenvalue weighted by Gasteiger charge is -2.13. The van der Waals surface area contributed by atoms with Gasteiger partial charge in [-0.15, -0.1) is 0 Å². The molecule has 2 aromatic rings. The Morgan fingerprint density at radius 1 is 1.40 bits per heavy atom. The average Bonchev–Trinajstić information content (AvgIpc) is 2.56. The van der Waals surface area contributed by atoms with Gasteiger partial charge >= 0.3 is 0 Å². The average molecular weight is 428 g/mol. The summed E-state index contributed by atoms with van der Waals surface area (Å²) >= 11 is 9.29. The van der Waals surface area contributed by atoms with Gasteiger partial charge in [-0.2, -0.15) is 5.10 Å². The van der Waals surface area contributed by atoms with Crippen LogP contribution < -0.4 is 10.2 Å². The molecule has 0 radical (unpaired) electrons. The van der Waals surface area contributed by atoms with Gasteiger partial charge in [0, 0.05) is 10.0 Å². The van der Waals surface area contributed by atoms with Crippen molar-refractivity contribution in [3.63, 3.8) is 0 Å². The Balaban J connectivity index is 1.95. The number of rotatable bonds is 6. The predicted molar refractivity (Wildman–Crippen MR) is 101 cm³/mol. The minimum atomic E-state index is -0.516. The van der Waals surface area contributed by atoms with E-state index in [1.165, 1.54) is 18.2 Å². The lowest BCUT2D eigenvalue weighted by Crippen LogP contribution is -2.25. The Labute approximate surface area is 159 Å². The van der Waals surface area contributed by atoms with Crippen LogP contribution in [0.1, 0.15) is 30.9 Å². The van der Waals surface area contributed by atoms with E-state index in [1.807, 2.05) is 26.0 Å². The molecule has 1 N–H and O–H groups in total. The Hall–Kier alpha value is -1.92. The van der Waals surface area contributed by atoms with Crippen LogP contribution in [0.15, 0.2) is 46.0 Å². The molecule has 7 heteroatoms. The quantitative estimate of drug-likeness (QED) is 0.527. The zero-order valence-electron chi connectivity index (χ0n) is 13.7. The number of nitrogens with zero attached hydrogens (tertiary/aromatic N) is 1. The highest BCUT2D eigenvalue weighted by Gasteiger charge is 2.10. The molecule has 0 aromatic heterocycles. The highest BCUT2D eigenvalue weighted by molar-refractivity contribution is 9.10. The number of carbonyl (C=O) groups excluding carboxylic acids is 1. The summed E-state index contributed by atoms with van der Waals surface area (Å²) in [6.45, 7) is 3.87. The van der Waals surface area contributed by atoms with Gasteiger partial charge < -0.3 is 4.74 Å². The fourth-order valence-corrected chi connectivity index (χ4v) is 2.67. The van der Waals surface area contributed by atoms with Crippen molar-refractivity contribution < 1.29 is 13.9 Å². The summed E-state index contributed by atoms with van der Waals surface area (Å²) in [5.74, 6) is -0.0919. The standard InChI is InChI=1S/C18H17BrClFN2O2/c1-11(2)13-8-12(19)6-7-17(13)25-10-18(24)23-22-9-14-15(20)4-3-5-16(14)21/h3-9,11H,10H2,1-2H3,(H,23,24)/b22-9+. The van der Waals surface area contributed by atoms with Crippen molar-refractivity contribution in [3.8, 4) is 5.75 Å². The van der Waals surface area contributed by atoms with Crippen LogP contribution >= 0.6 is 27.5 Å². The number of amides is 1. The van der Waals surface area contributed by atoms with E-state index in [1.54, 1.807) is 6.07 Å². The van der Waals surface area contributed by atoms with Crippen molar-refractivity contribution in [2.75, 3.05) is 6.61 Å². The first-order valence-corrected chi connectivity index (χ1v) is 8.73. The molecule has 0 saturated carbocycles. The lowest BCUT2D eigenvalue weighted by atomic mass is 10.0. The third-order valence-electron chi connectivity index (χ3n) is 3.34. The molecule has 1 amide bonds. The highest BCUT2D eigenvalue weighted by atomic mass is 79.9. The van der Waals surface area contributed by atoms with E-state index in [-0.39, 0.29) is 23.1 Å². The Morgan fingerprint density at radius 3 is 2.84 bits per heavy atom. The number of nitrogens with one attached hydrogen (secondary N) is 1. The highest BCUT2D eigenvalue weighted by Crippen LogP contribution is 2.29. The van der Waals surface area contributed by atoms with Gasteiger partial charge in [-0.25, -0.2) is 9.82 Å². The lowest BCUT2D eigenvalue weighted by molar-refractivity contribution is -0.123. The first-order valence-electron chi connectivity index (χ1n) is 7.56. The molecule has 0 spiro atoms. The molecule has 2 rings (SSSR count). The second-order valence-corrected chi connectivity index (χ2v) is 6.88. The van der Waals surface area contributed by atoms with E-state index in [0.717, 1.165) is 16.3 Å². The van der Waals surface area contributed by atoms with Gasteiger partial charge in [0.1, 0.15) is 11.6 Å². The number of benzene rings is 2. The van der Waals surface area contributed by atoms with Gasteiger partial charge in [0.05, 0.1) is 11.2 Å². The molecule has 0 fully saturated rings. The van der Waals surface area contributed by atoms with Crippen molar-refractivity contribution in [2.24, 2.45) is 5.10 Å². The van der Waals surface area contributed by atoms with Crippen LogP contribution in [-0.2, 0) is 4.79 Å². The SMILES string of the molecule is CC(C)c1cc(Br)ccc1OCC(=O)N/N=C/c1c(F)cccc1Cl. The summed E-state index contributed by atoms with van der Waals surface area (Å²) in [5, 5.41) is 3.92. The first-order chi connectivity index (χ1) is 11.9. The second kappa shape index (κ2) is 8.97. The molecule has 0 saturated heterocycles. The second-order valence-electron chi connectivity index (χ2n) is 5.55. The molecule has 0 bridgehead atoms. The van der Waals surface area contributed by atoms with E-state index >= 15 is 0 Å². The summed E-state index contributed by atoms with van der Waals surface area (Å²) < 4.78 is 20.1. The van der Waals surface area contributed by atoms with Crippen LogP contribution in [-0.4, -0.2) is 18.7 Å². The summed E-state index contributed by atoms with van der Waals surface area (Å²) in [6.07, 6.45) is 1.16. The van der Waals surface area contributed by atoms with Crippen molar-refractivity contribution in [1.29, 1.82) is 0 Å². The molecule has 0 aliphatic heterocycles. The van der Waals surface area contributed by atoms with Crippen LogP contribution in [0.3, 0.4) is 0 Å². The maximum atomic E-state index is 13.6. The summed E-state index contributed by atoms with van der Waals surface area (Å²) in [4.78, 5) is 11.8. The molecular weight excluding hydrogens is 411 g/mol. The topological polar surface area (TPSA) is 50.7 Å². The number of hydrazone groups is 1. The molecule has 0 unspecified atom stereocenters. The normalized spacial score (nSPS) is 11.1. The molecular formula is C18H17BrClFN2O2. The van der Waals surface area contributed by atoms with E-state index in [2.05, 4.69) is 26.5 Å². The van der Waals surface area contributed by atoms with Gasteiger partial charge in [0.25, 0.3) is 5.91 Å². The van der Waals surface area contributed by atoms with Crippen molar-refractivity contribution in [2.45, 2.75) is 19.8 Å². The van der Waals surface area contributed by atoms with Crippen LogP contribution in [0.4, 0.5) is 4.39 Å². The fourth-order valence-electron chi connectivity index (χ4n) is 2.08. The molecule has 132 valence electrons. The van der Waals surface area contributed by atoms with E-state index in [9.17, 15) is 9.18 Å². The third kappa shape index (κ3) is 5.54. The van der Waals surface area contributed by atoms with E-state index in [4.69, 9.17) is 16.3 Å². The predicted octanol–water partition coefficient (Wildman–Crippen LogP) is 4.89. The molecule has 25 heavy (non-hydrogen) atoms. The van der Waals surface area contributed by atoms with Gasteiger partial charge in [0.2, 0.25) is 0 Å². The van der Waals surface area contributed by atoms with Crippen LogP contribution in [0.2, 0.25) is 5.02 Å². The summed E-state index contributed by atoms with van der Waals surface area (Å²) in [5.41, 5.74) is 3.39. The number of hydrogen-bond donors (Lipinski definition) is 1. The molecule has 0 heterocycles. The van der Waals surface area contributed by atoms with Crippen molar-refractivity contribution in [1.82, 2.24) is 5.43 Å². The zero-order valence-corrected chi connectivity index (χ0v) is 16.1. The maximum Gasteiger partial charge on any atom is 0.277 e. The smallest absolute Gasteiger partial charge is 0.277 e. The van der Waals surface area contributed by atoms with Gasteiger partial charge in [-0.1, -0.05) is 47.4 Å². The first kappa shape index (κ1) is 19.4. The fraction of sp³-hybridized carbons (Fsp3) is 0.222.